The minimum atomic E-state index is -0.857. The maximum absolute atomic E-state index is 13.3. The van der Waals surface area contributed by atoms with Crippen LogP contribution in [0, 0.1) is 15.9 Å². The van der Waals surface area contributed by atoms with Gasteiger partial charge >= 0.3 is 0 Å². The van der Waals surface area contributed by atoms with Gasteiger partial charge in [-0.25, -0.2) is 9.37 Å². The van der Waals surface area contributed by atoms with E-state index < -0.39 is 22.3 Å². The van der Waals surface area contributed by atoms with Gasteiger partial charge in [-0.1, -0.05) is 0 Å². The van der Waals surface area contributed by atoms with Gasteiger partial charge in [-0.2, -0.15) is 0 Å². The number of anilines is 1. The normalized spacial score (nSPS) is 10.1. The summed E-state index contributed by atoms with van der Waals surface area (Å²) in [6.45, 7) is 0. The first-order chi connectivity index (χ1) is 9.47. The zero-order valence-corrected chi connectivity index (χ0v) is 11.4. The topological polar surface area (TPSA) is 85.1 Å². The molecule has 0 unspecified atom stereocenters. The number of hydrogen-bond donors (Lipinski definition) is 1. The minimum absolute atomic E-state index is 0.158. The van der Waals surface area contributed by atoms with E-state index in [0.29, 0.717) is 4.47 Å². The third-order valence-electron chi connectivity index (χ3n) is 2.35. The second-order valence-corrected chi connectivity index (χ2v) is 4.60. The van der Waals surface area contributed by atoms with Gasteiger partial charge in [-0.3, -0.25) is 14.9 Å². The van der Waals surface area contributed by atoms with Crippen LogP contribution < -0.4 is 5.32 Å². The highest BCUT2D eigenvalue weighted by Gasteiger charge is 2.15. The van der Waals surface area contributed by atoms with Gasteiger partial charge in [-0.15, -0.1) is 0 Å². The highest BCUT2D eigenvalue weighted by atomic mass is 79.9. The summed E-state index contributed by atoms with van der Waals surface area (Å²) in [6, 6.07) is 5.98. The average molecular weight is 340 g/mol. The minimum Gasteiger partial charge on any atom is -0.306 e. The van der Waals surface area contributed by atoms with E-state index in [1.807, 2.05) is 0 Å². The highest BCUT2D eigenvalue weighted by molar-refractivity contribution is 9.10. The molecular formula is C12H7BrFN3O3. The first-order valence-electron chi connectivity index (χ1n) is 5.34. The quantitative estimate of drug-likeness (QED) is 0.687. The molecule has 0 saturated heterocycles. The van der Waals surface area contributed by atoms with Crippen molar-refractivity contribution in [1.29, 1.82) is 0 Å². The summed E-state index contributed by atoms with van der Waals surface area (Å²) >= 11 is 3.19. The largest absolute Gasteiger partial charge is 0.306 e. The van der Waals surface area contributed by atoms with Crippen molar-refractivity contribution in [3.63, 3.8) is 0 Å². The molecular weight excluding hydrogens is 333 g/mol. The Hall–Kier alpha value is -2.35. The van der Waals surface area contributed by atoms with E-state index in [-0.39, 0.29) is 11.4 Å². The fourth-order valence-electron chi connectivity index (χ4n) is 1.47. The lowest BCUT2D eigenvalue weighted by Crippen LogP contribution is -2.14. The number of nitrogens with zero attached hydrogens (tertiary/aromatic N) is 2. The van der Waals surface area contributed by atoms with Crippen LogP contribution in [-0.2, 0) is 0 Å². The van der Waals surface area contributed by atoms with Crippen LogP contribution in [0.25, 0.3) is 0 Å². The van der Waals surface area contributed by atoms with Gasteiger partial charge in [0.05, 0.1) is 15.5 Å². The molecule has 0 aliphatic rings. The molecule has 102 valence electrons. The maximum Gasteiger partial charge on any atom is 0.273 e. The second-order valence-electron chi connectivity index (χ2n) is 3.74. The Morgan fingerprint density at radius 3 is 2.80 bits per heavy atom. The molecule has 0 atom stereocenters. The van der Waals surface area contributed by atoms with Crippen molar-refractivity contribution in [2.45, 2.75) is 0 Å². The van der Waals surface area contributed by atoms with Crippen molar-refractivity contribution < 1.29 is 14.1 Å². The zero-order valence-electron chi connectivity index (χ0n) is 9.84. The van der Waals surface area contributed by atoms with E-state index in [1.165, 1.54) is 6.20 Å². The van der Waals surface area contributed by atoms with E-state index >= 15 is 0 Å². The molecule has 1 heterocycles. The summed E-state index contributed by atoms with van der Waals surface area (Å²) in [4.78, 5) is 25.7. The first-order valence-corrected chi connectivity index (χ1v) is 6.13. The Morgan fingerprint density at radius 2 is 2.15 bits per heavy atom. The molecule has 1 amide bonds. The van der Waals surface area contributed by atoms with E-state index in [2.05, 4.69) is 26.2 Å². The van der Waals surface area contributed by atoms with Crippen molar-refractivity contribution in [2.24, 2.45) is 0 Å². The van der Waals surface area contributed by atoms with Crippen LogP contribution in [0.2, 0.25) is 0 Å². The Kier molecular flexibility index (Phi) is 4.04. The van der Waals surface area contributed by atoms with Crippen LogP contribution in [0.15, 0.2) is 41.0 Å². The lowest BCUT2D eigenvalue weighted by atomic mass is 10.2. The predicted molar refractivity (Wildman–Crippen MR) is 72.9 cm³/mol. The third kappa shape index (κ3) is 3.15. The van der Waals surface area contributed by atoms with Crippen LogP contribution in [0.3, 0.4) is 0 Å². The lowest BCUT2D eigenvalue weighted by molar-refractivity contribution is -0.385. The molecule has 6 nitrogen and oxygen atoms in total. The van der Waals surface area contributed by atoms with E-state index in [4.69, 9.17) is 0 Å². The van der Waals surface area contributed by atoms with Crippen LogP contribution in [0.4, 0.5) is 15.9 Å². The summed E-state index contributed by atoms with van der Waals surface area (Å²) in [5, 5.41) is 13.1. The van der Waals surface area contributed by atoms with E-state index in [1.54, 1.807) is 12.1 Å². The van der Waals surface area contributed by atoms with Crippen molar-refractivity contribution in [3.8, 4) is 0 Å². The molecule has 20 heavy (non-hydrogen) atoms. The summed E-state index contributed by atoms with van der Waals surface area (Å²) in [6.07, 6.45) is 1.47. The fraction of sp³-hybridized carbons (Fsp3) is 0. The molecule has 1 aromatic carbocycles. The molecule has 0 fully saturated rings. The molecule has 2 rings (SSSR count). The van der Waals surface area contributed by atoms with Crippen molar-refractivity contribution in [1.82, 2.24) is 4.98 Å². The standard InChI is InChI=1S/C12H7BrFN3O3/c13-10-2-1-3-15-11(10)16-12(18)7-4-8(14)6-9(5-7)17(19)20/h1-6H,(H,15,16,18). The number of pyridine rings is 1. The summed E-state index contributed by atoms with van der Waals surface area (Å²) in [5.41, 5.74) is -0.649. The van der Waals surface area contributed by atoms with Gasteiger partial charge < -0.3 is 5.32 Å². The van der Waals surface area contributed by atoms with Gasteiger partial charge in [0.1, 0.15) is 11.6 Å². The molecule has 1 N–H and O–H groups in total. The molecule has 0 aliphatic heterocycles. The average Bonchev–Trinajstić information content (AvgIpc) is 2.40. The third-order valence-corrected chi connectivity index (χ3v) is 2.99. The molecule has 0 radical (unpaired) electrons. The van der Waals surface area contributed by atoms with Gasteiger partial charge in [0.15, 0.2) is 0 Å². The Morgan fingerprint density at radius 1 is 1.40 bits per heavy atom. The zero-order chi connectivity index (χ0) is 14.7. The molecule has 0 bridgehead atoms. The van der Waals surface area contributed by atoms with Crippen LogP contribution in [-0.4, -0.2) is 15.8 Å². The SMILES string of the molecule is O=C(Nc1ncccc1Br)c1cc(F)cc([N+](=O)[O-])c1. The number of non-ortho nitro benzene ring substituents is 1. The number of nitro groups is 1. The molecule has 1 aromatic heterocycles. The maximum atomic E-state index is 13.3. The summed E-state index contributed by atoms with van der Waals surface area (Å²) in [7, 11) is 0. The molecule has 2 aromatic rings. The number of carbonyl (C=O) groups excluding carboxylic acids is 1. The van der Waals surface area contributed by atoms with E-state index in [9.17, 15) is 19.3 Å². The van der Waals surface area contributed by atoms with Crippen LogP contribution in [0.1, 0.15) is 10.4 Å². The summed E-state index contributed by atoms with van der Waals surface area (Å²) < 4.78 is 13.8. The molecule has 8 heteroatoms. The van der Waals surface area contributed by atoms with E-state index in [0.717, 1.165) is 18.2 Å². The second kappa shape index (κ2) is 5.74. The number of carbonyl (C=O) groups is 1. The number of halogens is 2. The number of hydrogen-bond acceptors (Lipinski definition) is 4. The molecule has 0 aliphatic carbocycles. The van der Waals surface area contributed by atoms with Gasteiger partial charge in [0, 0.05) is 17.8 Å². The van der Waals surface area contributed by atoms with Crippen molar-refractivity contribution in [3.05, 3.63) is 62.5 Å². The number of nitrogens with one attached hydrogen (secondary N) is 1. The van der Waals surface area contributed by atoms with Crippen molar-refractivity contribution >= 4 is 33.3 Å². The monoisotopic (exact) mass is 339 g/mol. The number of aromatic nitrogens is 1. The molecule has 0 spiro atoms. The number of amides is 1. The molecule has 0 saturated carbocycles. The van der Waals surface area contributed by atoms with Crippen LogP contribution >= 0.6 is 15.9 Å². The highest BCUT2D eigenvalue weighted by Crippen LogP contribution is 2.21. The van der Waals surface area contributed by atoms with Gasteiger partial charge in [-0.05, 0) is 34.1 Å². The Balaban J connectivity index is 2.30. The summed E-state index contributed by atoms with van der Waals surface area (Å²) in [5.74, 6) is -1.30. The Bertz CT molecular complexity index is 693. The number of rotatable bonds is 3. The van der Waals surface area contributed by atoms with Crippen LogP contribution in [0.5, 0.6) is 0 Å². The number of nitro benzene ring substituents is 1. The lowest BCUT2D eigenvalue weighted by Gasteiger charge is -2.06. The fourth-order valence-corrected chi connectivity index (χ4v) is 1.82. The smallest absolute Gasteiger partial charge is 0.273 e. The van der Waals surface area contributed by atoms with Gasteiger partial charge in [0.2, 0.25) is 0 Å². The first kappa shape index (κ1) is 14.1. The number of benzene rings is 1. The van der Waals surface area contributed by atoms with Crippen molar-refractivity contribution in [2.75, 3.05) is 5.32 Å². The predicted octanol–water partition coefficient (Wildman–Crippen LogP) is 3.14. The van der Waals surface area contributed by atoms with Gasteiger partial charge in [0.25, 0.3) is 11.6 Å². The Labute approximate surface area is 120 Å².